The third-order valence-corrected chi connectivity index (χ3v) is 7.73. The van der Waals surface area contributed by atoms with Gasteiger partial charge in [-0.3, -0.25) is 9.59 Å². The normalized spacial score (nSPS) is 20.4. The Balaban J connectivity index is 1.50. The fraction of sp³-hybridized carbons (Fsp3) is 0.556. The predicted molar refractivity (Wildman–Crippen MR) is 134 cm³/mol. The summed E-state index contributed by atoms with van der Waals surface area (Å²) in [6.07, 6.45) is 8.94. The molecule has 9 nitrogen and oxygen atoms in total. The first-order valence-corrected chi connectivity index (χ1v) is 13.2. The number of amides is 2. The number of aryl methyl sites for hydroxylation is 1. The highest BCUT2D eigenvalue weighted by atomic mass is 19.1. The number of hydrogen-bond donors (Lipinski definition) is 2. The molecular formula is C27H34FN5O4. The second kappa shape index (κ2) is 11.0. The maximum absolute atomic E-state index is 15.9. The van der Waals surface area contributed by atoms with Crippen LogP contribution in [0.4, 0.5) is 4.39 Å². The van der Waals surface area contributed by atoms with Crippen molar-refractivity contribution in [3.63, 3.8) is 0 Å². The molecule has 3 aromatic rings. The lowest BCUT2D eigenvalue weighted by Gasteiger charge is -2.35. The molecule has 10 heteroatoms. The Bertz CT molecular complexity index is 1260. The molecule has 0 bridgehead atoms. The second-order valence-electron chi connectivity index (χ2n) is 10.2. The van der Waals surface area contributed by atoms with E-state index in [1.807, 2.05) is 0 Å². The van der Waals surface area contributed by atoms with E-state index in [4.69, 9.17) is 14.2 Å². The predicted octanol–water partition coefficient (Wildman–Crippen LogP) is 4.75. The van der Waals surface area contributed by atoms with Gasteiger partial charge in [0.15, 0.2) is 5.82 Å². The number of carbonyl (C=O) groups excluding carboxylic acids is 2. The fourth-order valence-corrected chi connectivity index (χ4v) is 5.68. The van der Waals surface area contributed by atoms with Crippen molar-refractivity contribution in [1.29, 1.82) is 0 Å². The number of morpholine rings is 1. The maximum Gasteiger partial charge on any atom is 0.257 e. The smallest absolute Gasteiger partial charge is 0.257 e. The Morgan fingerprint density at radius 3 is 2.65 bits per heavy atom. The SMILES string of the molecule is CC(=O)N1CCOCC1c1ccc2[nH]c(C(NC(=O)c3conc3C)C3CCCCCCC3)nc2c1F. The molecule has 1 aliphatic heterocycles. The Kier molecular flexibility index (Phi) is 7.55. The highest BCUT2D eigenvalue weighted by Crippen LogP contribution is 2.35. The van der Waals surface area contributed by atoms with Crippen LogP contribution in [-0.2, 0) is 9.53 Å². The van der Waals surface area contributed by atoms with E-state index in [0.717, 1.165) is 38.5 Å². The number of fused-ring (bicyclic) bond motifs is 1. The summed E-state index contributed by atoms with van der Waals surface area (Å²) in [5.74, 6) is -0.190. The van der Waals surface area contributed by atoms with Crippen LogP contribution in [0.1, 0.15) is 91.4 Å². The van der Waals surface area contributed by atoms with E-state index in [9.17, 15) is 9.59 Å². The van der Waals surface area contributed by atoms with Gasteiger partial charge >= 0.3 is 0 Å². The van der Waals surface area contributed by atoms with Gasteiger partial charge in [0.2, 0.25) is 5.91 Å². The Labute approximate surface area is 215 Å². The second-order valence-corrected chi connectivity index (χ2v) is 10.2. The van der Waals surface area contributed by atoms with Crippen LogP contribution in [0.5, 0.6) is 0 Å². The standard InChI is InChI=1S/C27H34FN5O4/c1-16-20(14-37-32-16)27(35)31-24(18-8-6-4-3-5-7-9-18)26-29-21-11-10-19(23(28)25(21)30-26)22-15-36-13-12-33(22)17(2)34/h10-11,14,18,22,24H,3-9,12-13,15H2,1-2H3,(H,29,30)(H,31,35). The first-order valence-electron chi connectivity index (χ1n) is 13.2. The number of nitrogens with zero attached hydrogens (tertiary/aromatic N) is 3. The Morgan fingerprint density at radius 1 is 1.19 bits per heavy atom. The molecule has 2 unspecified atom stereocenters. The van der Waals surface area contributed by atoms with Crippen molar-refractivity contribution < 1.29 is 23.2 Å². The number of rotatable bonds is 5. The number of hydrogen-bond acceptors (Lipinski definition) is 6. The van der Waals surface area contributed by atoms with E-state index in [1.54, 1.807) is 24.0 Å². The Morgan fingerprint density at radius 2 is 1.95 bits per heavy atom. The van der Waals surface area contributed by atoms with Crippen molar-refractivity contribution in [2.24, 2.45) is 5.92 Å². The van der Waals surface area contributed by atoms with Crippen LogP contribution in [0.2, 0.25) is 0 Å². The zero-order chi connectivity index (χ0) is 25.9. The molecule has 1 aliphatic carbocycles. The van der Waals surface area contributed by atoms with Gasteiger partial charge < -0.3 is 24.5 Å². The lowest BCUT2D eigenvalue weighted by atomic mass is 9.85. The average molecular weight is 512 g/mol. The maximum atomic E-state index is 15.9. The third-order valence-electron chi connectivity index (χ3n) is 7.73. The minimum Gasteiger partial charge on any atom is -0.377 e. The Hall–Kier alpha value is -3.27. The van der Waals surface area contributed by atoms with Crippen LogP contribution in [0, 0.1) is 18.7 Å². The molecule has 1 aromatic carbocycles. The molecule has 2 amide bonds. The topological polar surface area (TPSA) is 113 Å². The average Bonchev–Trinajstić information content (AvgIpc) is 3.50. The van der Waals surface area contributed by atoms with Crippen LogP contribution >= 0.6 is 0 Å². The lowest BCUT2D eigenvalue weighted by molar-refractivity contribution is -0.137. The zero-order valence-electron chi connectivity index (χ0n) is 21.4. The summed E-state index contributed by atoms with van der Waals surface area (Å²) in [4.78, 5) is 35.0. The van der Waals surface area contributed by atoms with Crippen LogP contribution in [-0.4, -0.2) is 51.6 Å². The number of benzene rings is 1. The molecule has 2 fully saturated rings. The third kappa shape index (κ3) is 5.25. The van der Waals surface area contributed by atoms with Crippen molar-refractivity contribution in [3.05, 3.63) is 46.9 Å². The van der Waals surface area contributed by atoms with Crippen molar-refractivity contribution in [1.82, 2.24) is 25.3 Å². The van der Waals surface area contributed by atoms with Crippen molar-refractivity contribution in [3.8, 4) is 0 Å². The van der Waals surface area contributed by atoms with Gasteiger partial charge in [-0.1, -0.05) is 43.3 Å². The van der Waals surface area contributed by atoms with E-state index in [1.165, 1.54) is 19.6 Å². The summed E-state index contributed by atoms with van der Waals surface area (Å²) in [5.41, 5.74) is 2.02. The molecule has 5 rings (SSSR count). The van der Waals surface area contributed by atoms with Crippen molar-refractivity contribution in [2.75, 3.05) is 19.8 Å². The van der Waals surface area contributed by atoms with Crippen molar-refractivity contribution in [2.45, 2.75) is 70.9 Å². The molecule has 0 spiro atoms. The molecule has 2 aromatic heterocycles. The first-order chi connectivity index (χ1) is 17.9. The van der Waals surface area contributed by atoms with E-state index in [0.29, 0.717) is 41.3 Å². The molecule has 0 radical (unpaired) electrons. The number of aromatic nitrogens is 3. The van der Waals surface area contributed by atoms with Crippen LogP contribution in [0.3, 0.4) is 0 Å². The number of carbonyl (C=O) groups is 2. The van der Waals surface area contributed by atoms with Gasteiger partial charge in [-0.25, -0.2) is 9.37 Å². The zero-order valence-corrected chi connectivity index (χ0v) is 21.4. The minimum absolute atomic E-state index is 0.119. The molecule has 1 saturated heterocycles. The number of aromatic amines is 1. The highest BCUT2D eigenvalue weighted by molar-refractivity contribution is 5.95. The van der Waals surface area contributed by atoms with Gasteiger partial charge in [-0.15, -0.1) is 0 Å². The summed E-state index contributed by atoms with van der Waals surface area (Å²) < 4.78 is 26.4. The van der Waals surface area contributed by atoms with Crippen LogP contribution in [0.25, 0.3) is 11.0 Å². The summed E-state index contributed by atoms with van der Waals surface area (Å²) in [6.45, 7) is 4.29. The summed E-state index contributed by atoms with van der Waals surface area (Å²) in [5, 5.41) is 6.98. The quantitative estimate of drug-likeness (QED) is 0.511. The van der Waals surface area contributed by atoms with E-state index in [-0.39, 0.29) is 29.9 Å². The molecule has 3 heterocycles. The van der Waals surface area contributed by atoms with Crippen molar-refractivity contribution >= 4 is 22.8 Å². The molecular weight excluding hydrogens is 477 g/mol. The number of nitrogens with one attached hydrogen (secondary N) is 2. The van der Waals surface area contributed by atoms with Gasteiger partial charge in [0.1, 0.15) is 23.2 Å². The van der Waals surface area contributed by atoms with Crippen LogP contribution < -0.4 is 5.32 Å². The summed E-state index contributed by atoms with van der Waals surface area (Å²) in [6, 6.07) is 2.56. The van der Waals surface area contributed by atoms with Crippen LogP contribution in [0.15, 0.2) is 22.9 Å². The molecule has 198 valence electrons. The lowest BCUT2D eigenvalue weighted by Crippen LogP contribution is -2.42. The van der Waals surface area contributed by atoms with Gasteiger partial charge in [0, 0.05) is 19.0 Å². The molecule has 2 aliphatic rings. The number of ether oxygens (including phenoxy) is 1. The number of H-pyrrole nitrogens is 1. The molecule has 1 saturated carbocycles. The number of halogens is 1. The highest BCUT2D eigenvalue weighted by Gasteiger charge is 2.32. The van der Waals surface area contributed by atoms with Gasteiger partial charge in [-0.05, 0) is 31.7 Å². The van der Waals surface area contributed by atoms with Gasteiger partial charge in [0.05, 0.1) is 36.5 Å². The molecule has 2 N–H and O–H groups in total. The van der Waals surface area contributed by atoms with Gasteiger partial charge in [-0.2, -0.15) is 0 Å². The summed E-state index contributed by atoms with van der Waals surface area (Å²) >= 11 is 0. The monoisotopic (exact) mass is 511 g/mol. The fourth-order valence-electron chi connectivity index (χ4n) is 5.68. The molecule has 2 atom stereocenters. The van der Waals surface area contributed by atoms with E-state index >= 15 is 4.39 Å². The van der Waals surface area contributed by atoms with E-state index in [2.05, 4.69) is 15.5 Å². The molecule has 37 heavy (non-hydrogen) atoms. The van der Waals surface area contributed by atoms with Gasteiger partial charge in [0.25, 0.3) is 5.91 Å². The number of imidazole rings is 1. The summed E-state index contributed by atoms with van der Waals surface area (Å²) in [7, 11) is 0. The van der Waals surface area contributed by atoms with E-state index < -0.39 is 17.9 Å². The minimum atomic E-state index is -0.506. The first kappa shape index (κ1) is 25.4. The largest absolute Gasteiger partial charge is 0.377 e.